The van der Waals surface area contributed by atoms with Crippen LogP contribution in [0, 0.1) is 0 Å². The molecule has 10 N–H and O–H groups in total. The number of hydrogen-bond donors (Lipinski definition) is 8. The van der Waals surface area contributed by atoms with E-state index in [0.717, 1.165) is 6.42 Å². The third kappa shape index (κ3) is 4.53. The van der Waals surface area contributed by atoms with Gasteiger partial charge >= 0.3 is 0 Å². The van der Waals surface area contributed by atoms with E-state index < -0.39 is 61.1 Å². The van der Waals surface area contributed by atoms with Crippen LogP contribution in [-0.4, -0.2) is 99.2 Å². The van der Waals surface area contributed by atoms with Crippen LogP contribution in [0.4, 0.5) is 0 Å². The zero-order valence-corrected chi connectivity index (χ0v) is 15.2. The van der Waals surface area contributed by atoms with Crippen molar-refractivity contribution in [1.82, 2.24) is 5.32 Å². The summed E-state index contributed by atoms with van der Waals surface area (Å²) in [6, 6.07) is -2.07. The average molecular weight is 379 g/mol. The lowest BCUT2D eigenvalue weighted by molar-refractivity contribution is -0.301. The van der Waals surface area contributed by atoms with Gasteiger partial charge in [0.1, 0.15) is 30.5 Å². The van der Waals surface area contributed by atoms with E-state index in [1.54, 1.807) is 0 Å². The van der Waals surface area contributed by atoms with Gasteiger partial charge in [-0.1, -0.05) is 6.92 Å². The number of hydrogen-bond acceptors (Lipinski definition) is 10. The van der Waals surface area contributed by atoms with Gasteiger partial charge in [0.05, 0.1) is 18.2 Å². The highest BCUT2D eigenvalue weighted by Gasteiger charge is 2.49. The summed E-state index contributed by atoms with van der Waals surface area (Å²) in [4.78, 5) is 0. The molecule has 0 aromatic carbocycles. The topological polar surface area (TPSA) is 184 Å². The Morgan fingerprint density at radius 3 is 2.35 bits per heavy atom. The van der Waals surface area contributed by atoms with Crippen molar-refractivity contribution < 1.29 is 35.0 Å². The summed E-state index contributed by atoms with van der Waals surface area (Å²) in [5, 5.41) is 53.7. The van der Waals surface area contributed by atoms with Crippen molar-refractivity contribution in [1.29, 1.82) is 0 Å². The highest BCUT2D eigenvalue weighted by molar-refractivity contribution is 5.00. The minimum atomic E-state index is -1.38. The molecule has 1 aliphatic heterocycles. The monoisotopic (exact) mass is 379 g/mol. The van der Waals surface area contributed by atoms with Gasteiger partial charge in [-0.3, -0.25) is 0 Å². The van der Waals surface area contributed by atoms with Crippen LogP contribution in [0.25, 0.3) is 0 Å². The van der Waals surface area contributed by atoms with Gasteiger partial charge in [0.25, 0.3) is 0 Å². The molecule has 2 aliphatic rings. The molecule has 0 amide bonds. The van der Waals surface area contributed by atoms with Gasteiger partial charge in [-0.2, -0.15) is 0 Å². The molecule has 26 heavy (non-hydrogen) atoms. The SMILES string of the molecule is CCCNC1CC(N)[C@@H](O[C@H]2OC([C@@H](C)O)[C@@H](O)C(O)[C@@H]2N)[C@H](O)[C@@H]1O. The van der Waals surface area contributed by atoms with Crippen LogP contribution >= 0.6 is 0 Å². The third-order valence-electron chi connectivity index (χ3n) is 5.16. The fourth-order valence-electron chi connectivity index (χ4n) is 3.55. The lowest BCUT2D eigenvalue weighted by atomic mass is 9.84. The fourth-order valence-corrected chi connectivity index (χ4v) is 3.55. The minimum absolute atomic E-state index is 0.363. The Balaban J connectivity index is 2.06. The molecule has 0 bridgehead atoms. The third-order valence-corrected chi connectivity index (χ3v) is 5.16. The minimum Gasteiger partial charge on any atom is -0.391 e. The molecule has 0 radical (unpaired) electrons. The van der Waals surface area contributed by atoms with Crippen LogP contribution in [0.1, 0.15) is 26.7 Å². The van der Waals surface area contributed by atoms with Gasteiger partial charge in [0.2, 0.25) is 0 Å². The smallest absolute Gasteiger partial charge is 0.176 e. The van der Waals surface area contributed by atoms with Crippen LogP contribution in [0.5, 0.6) is 0 Å². The fraction of sp³-hybridized carbons (Fsp3) is 1.00. The molecule has 2 rings (SSSR count). The molecule has 10 nitrogen and oxygen atoms in total. The largest absolute Gasteiger partial charge is 0.391 e. The number of nitrogens with two attached hydrogens (primary N) is 2. The molecule has 0 aromatic heterocycles. The van der Waals surface area contributed by atoms with Gasteiger partial charge in [-0.15, -0.1) is 0 Å². The normalized spacial score (nSPS) is 48.3. The predicted molar refractivity (Wildman–Crippen MR) is 91.9 cm³/mol. The van der Waals surface area contributed by atoms with Gasteiger partial charge in [0.15, 0.2) is 6.29 Å². The van der Waals surface area contributed by atoms with E-state index in [1.807, 2.05) is 6.92 Å². The molecule has 0 spiro atoms. The van der Waals surface area contributed by atoms with Crippen LogP contribution in [0.3, 0.4) is 0 Å². The van der Waals surface area contributed by atoms with Crippen molar-refractivity contribution in [2.75, 3.05) is 6.54 Å². The zero-order chi connectivity index (χ0) is 19.6. The van der Waals surface area contributed by atoms with E-state index >= 15 is 0 Å². The van der Waals surface area contributed by atoms with Crippen molar-refractivity contribution in [2.45, 2.75) is 93.8 Å². The Morgan fingerprint density at radius 1 is 1.12 bits per heavy atom. The number of aliphatic hydroxyl groups excluding tert-OH is 5. The molecule has 1 saturated heterocycles. The molecular formula is C16H33N3O7. The molecule has 1 heterocycles. The van der Waals surface area contributed by atoms with Crippen LogP contribution < -0.4 is 16.8 Å². The second-order valence-electron chi connectivity index (χ2n) is 7.31. The van der Waals surface area contributed by atoms with E-state index in [0.29, 0.717) is 13.0 Å². The second-order valence-corrected chi connectivity index (χ2v) is 7.31. The van der Waals surface area contributed by atoms with Gasteiger partial charge < -0.3 is 51.8 Å². The van der Waals surface area contributed by atoms with E-state index in [4.69, 9.17) is 20.9 Å². The Hall–Kier alpha value is -0.400. The molecule has 11 atom stereocenters. The van der Waals surface area contributed by atoms with E-state index in [2.05, 4.69) is 5.32 Å². The molecule has 10 heteroatoms. The Kier molecular flexibility index (Phi) is 7.74. The van der Waals surface area contributed by atoms with E-state index in [-0.39, 0.29) is 6.04 Å². The summed E-state index contributed by atoms with van der Waals surface area (Å²) in [5.41, 5.74) is 12.0. The molecule has 1 saturated carbocycles. The first-order valence-electron chi connectivity index (χ1n) is 9.14. The Labute approximate surface area is 153 Å². The first-order chi connectivity index (χ1) is 12.2. The maximum absolute atomic E-state index is 10.4. The van der Waals surface area contributed by atoms with Gasteiger partial charge in [-0.05, 0) is 26.3 Å². The first kappa shape index (κ1) is 21.9. The lowest BCUT2D eigenvalue weighted by Crippen LogP contribution is -2.68. The molecule has 0 aromatic rings. The molecule has 4 unspecified atom stereocenters. The zero-order valence-electron chi connectivity index (χ0n) is 15.2. The molecule has 154 valence electrons. The van der Waals surface area contributed by atoms with Crippen molar-refractivity contribution in [3.63, 3.8) is 0 Å². The summed E-state index contributed by atoms with van der Waals surface area (Å²) >= 11 is 0. The average Bonchev–Trinajstić information content (AvgIpc) is 2.60. The lowest BCUT2D eigenvalue weighted by Gasteiger charge is -2.47. The van der Waals surface area contributed by atoms with Crippen molar-refractivity contribution in [3.05, 3.63) is 0 Å². The molecule has 1 aliphatic carbocycles. The van der Waals surface area contributed by atoms with Gasteiger partial charge in [0, 0.05) is 12.1 Å². The maximum Gasteiger partial charge on any atom is 0.176 e. The van der Waals surface area contributed by atoms with Gasteiger partial charge in [-0.25, -0.2) is 0 Å². The Morgan fingerprint density at radius 2 is 1.77 bits per heavy atom. The van der Waals surface area contributed by atoms with E-state index in [1.165, 1.54) is 6.92 Å². The highest BCUT2D eigenvalue weighted by atomic mass is 16.7. The van der Waals surface area contributed by atoms with Crippen molar-refractivity contribution in [2.24, 2.45) is 11.5 Å². The summed E-state index contributed by atoms with van der Waals surface area (Å²) in [5.74, 6) is 0. The molecular weight excluding hydrogens is 346 g/mol. The van der Waals surface area contributed by atoms with Crippen LogP contribution in [0.15, 0.2) is 0 Å². The van der Waals surface area contributed by atoms with Crippen molar-refractivity contribution in [3.8, 4) is 0 Å². The summed E-state index contributed by atoms with van der Waals surface area (Å²) in [6.07, 6.45) is -8.23. The first-order valence-corrected chi connectivity index (χ1v) is 9.14. The quantitative estimate of drug-likeness (QED) is 0.229. The van der Waals surface area contributed by atoms with Crippen LogP contribution in [0.2, 0.25) is 0 Å². The Bertz CT molecular complexity index is 444. The second kappa shape index (κ2) is 9.20. The standard InChI is InChI=1S/C16H33N3O7/c1-3-4-19-8-5-7(17)15(12(23)10(8)21)26-16-9(18)11(22)13(24)14(25-16)6(2)20/h6-16,19-24H,3-5,17-18H2,1-2H3/t6-,7?,8?,9+,10-,11?,12-,13+,14?,15-,16-/m1/s1. The highest BCUT2D eigenvalue weighted by Crippen LogP contribution is 2.28. The maximum atomic E-state index is 10.4. The predicted octanol–water partition coefficient (Wildman–Crippen LogP) is -3.65. The summed E-state index contributed by atoms with van der Waals surface area (Å²) in [6.45, 7) is 4.08. The van der Waals surface area contributed by atoms with Crippen LogP contribution in [-0.2, 0) is 9.47 Å². The number of ether oxygens (including phenoxy) is 2. The number of rotatable bonds is 6. The number of nitrogens with one attached hydrogen (secondary N) is 1. The molecule has 2 fully saturated rings. The number of aliphatic hydroxyl groups is 5. The van der Waals surface area contributed by atoms with E-state index in [9.17, 15) is 25.5 Å². The van der Waals surface area contributed by atoms with Crippen molar-refractivity contribution >= 4 is 0 Å². The summed E-state index contributed by atoms with van der Waals surface area (Å²) < 4.78 is 11.2. The summed E-state index contributed by atoms with van der Waals surface area (Å²) in [7, 11) is 0.